The van der Waals surface area contributed by atoms with Crippen LogP contribution in [-0.2, 0) is 11.3 Å². The fraction of sp³-hybridized carbons (Fsp3) is 0.667. The number of amides is 1. The van der Waals surface area contributed by atoms with Crippen LogP contribution in [0.15, 0.2) is 18.3 Å². The quantitative estimate of drug-likeness (QED) is 0.735. The van der Waals surface area contributed by atoms with Crippen molar-refractivity contribution in [3.8, 4) is 5.88 Å². The number of hydrogen-bond donors (Lipinski definition) is 3. The lowest BCUT2D eigenvalue weighted by Crippen LogP contribution is -2.47. The number of nitrogens with one attached hydrogen (secondary N) is 3. The van der Waals surface area contributed by atoms with E-state index in [1.807, 2.05) is 12.1 Å². The fourth-order valence-corrected chi connectivity index (χ4v) is 3.75. The van der Waals surface area contributed by atoms with Crippen LogP contribution >= 0.6 is 0 Å². The summed E-state index contributed by atoms with van der Waals surface area (Å²) in [6, 6.07) is 4.15. The SMILES string of the molecule is O=C(NCc1ccc(OCC2CC2)nc1)C1CCCC2CNNC21. The summed E-state index contributed by atoms with van der Waals surface area (Å²) in [5.74, 6) is 2.19. The van der Waals surface area contributed by atoms with Crippen LogP contribution in [0.25, 0.3) is 0 Å². The number of hydrogen-bond acceptors (Lipinski definition) is 5. The lowest BCUT2D eigenvalue weighted by atomic mass is 9.77. The van der Waals surface area contributed by atoms with Crippen molar-refractivity contribution in [3.63, 3.8) is 0 Å². The number of carbonyl (C=O) groups is 1. The first-order valence-electron chi connectivity index (χ1n) is 9.13. The van der Waals surface area contributed by atoms with Crippen LogP contribution in [0.2, 0.25) is 0 Å². The molecule has 130 valence electrons. The van der Waals surface area contributed by atoms with Gasteiger partial charge in [-0.15, -0.1) is 0 Å². The molecule has 1 saturated heterocycles. The monoisotopic (exact) mass is 330 g/mol. The Bertz CT molecular complexity index is 573. The molecule has 3 aliphatic rings. The van der Waals surface area contributed by atoms with Gasteiger partial charge in [0, 0.05) is 31.4 Å². The Balaban J connectivity index is 1.27. The predicted octanol–water partition coefficient (Wildman–Crippen LogP) is 1.38. The van der Waals surface area contributed by atoms with Gasteiger partial charge in [0.25, 0.3) is 0 Å². The maximum atomic E-state index is 12.5. The first-order chi connectivity index (χ1) is 11.8. The van der Waals surface area contributed by atoms with Crippen LogP contribution in [-0.4, -0.2) is 30.1 Å². The van der Waals surface area contributed by atoms with Gasteiger partial charge < -0.3 is 10.1 Å². The minimum Gasteiger partial charge on any atom is -0.477 e. The van der Waals surface area contributed by atoms with Gasteiger partial charge in [-0.25, -0.2) is 4.98 Å². The first-order valence-corrected chi connectivity index (χ1v) is 9.13. The topological polar surface area (TPSA) is 75.3 Å². The van der Waals surface area contributed by atoms with Crippen molar-refractivity contribution in [1.29, 1.82) is 0 Å². The molecular weight excluding hydrogens is 304 g/mol. The average molecular weight is 330 g/mol. The van der Waals surface area contributed by atoms with E-state index < -0.39 is 0 Å². The zero-order chi connectivity index (χ0) is 16.4. The number of pyridine rings is 1. The largest absolute Gasteiger partial charge is 0.477 e. The standard InChI is InChI=1S/C18H26N4O2/c23-18(15-3-1-2-14-10-21-22-17(14)15)20-9-13-6-7-16(19-8-13)24-11-12-4-5-12/h6-8,12,14-15,17,21-22H,1-5,9-11H2,(H,20,23). The van der Waals surface area contributed by atoms with Crippen molar-refractivity contribution in [2.75, 3.05) is 13.2 Å². The first kappa shape index (κ1) is 15.8. The van der Waals surface area contributed by atoms with Gasteiger partial charge in [-0.2, -0.15) is 0 Å². The lowest BCUT2D eigenvalue weighted by molar-refractivity contribution is -0.127. The van der Waals surface area contributed by atoms with Gasteiger partial charge in [0.1, 0.15) is 0 Å². The van der Waals surface area contributed by atoms with Crippen LogP contribution in [0.5, 0.6) is 5.88 Å². The molecule has 0 bridgehead atoms. The van der Waals surface area contributed by atoms with Crippen molar-refractivity contribution in [1.82, 2.24) is 21.2 Å². The van der Waals surface area contributed by atoms with E-state index in [4.69, 9.17) is 4.74 Å². The van der Waals surface area contributed by atoms with Crippen molar-refractivity contribution in [3.05, 3.63) is 23.9 Å². The molecule has 6 heteroatoms. The molecule has 2 heterocycles. The van der Waals surface area contributed by atoms with Gasteiger partial charge in [-0.1, -0.05) is 12.5 Å². The Labute approximate surface area is 142 Å². The number of hydrazine groups is 1. The summed E-state index contributed by atoms with van der Waals surface area (Å²) in [7, 11) is 0. The third kappa shape index (κ3) is 3.70. The third-order valence-electron chi connectivity index (χ3n) is 5.43. The molecular formula is C18H26N4O2. The zero-order valence-corrected chi connectivity index (χ0v) is 14.0. The number of rotatable bonds is 6. The zero-order valence-electron chi connectivity index (χ0n) is 14.0. The molecule has 2 aliphatic carbocycles. The van der Waals surface area contributed by atoms with E-state index in [0.29, 0.717) is 18.3 Å². The Morgan fingerprint density at radius 1 is 1.29 bits per heavy atom. The molecule has 1 aromatic rings. The Morgan fingerprint density at radius 2 is 2.21 bits per heavy atom. The fourth-order valence-electron chi connectivity index (χ4n) is 3.75. The van der Waals surface area contributed by atoms with Crippen LogP contribution in [0.1, 0.15) is 37.7 Å². The minimum absolute atomic E-state index is 0.0628. The number of fused-ring (bicyclic) bond motifs is 1. The van der Waals surface area contributed by atoms with Gasteiger partial charge in [-0.3, -0.25) is 15.6 Å². The predicted molar refractivity (Wildman–Crippen MR) is 90.1 cm³/mol. The summed E-state index contributed by atoms with van der Waals surface area (Å²) in [5, 5.41) is 3.07. The van der Waals surface area contributed by atoms with Gasteiger partial charge >= 0.3 is 0 Å². The van der Waals surface area contributed by atoms with Crippen LogP contribution in [0.4, 0.5) is 0 Å². The molecule has 2 saturated carbocycles. The summed E-state index contributed by atoms with van der Waals surface area (Å²) in [4.78, 5) is 16.9. The summed E-state index contributed by atoms with van der Waals surface area (Å²) < 4.78 is 5.64. The molecule has 3 atom stereocenters. The van der Waals surface area contributed by atoms with E-state index in [9.17, 15) is 4.79 Å². The molecule has 6 nitrogen and oxygen atoms in total. The van der Waals surface area contributed by atoms with Gasteiger partial charge in [0.2, 0.25) is 11.8 Å². The summed E-state index contributed by atoms with van der Waals surface area (Å²) in [6.07, 6.45) is 7.66. The Hall–Kier alpha value is -1.66. The van der Waals surface area contributed by atoms with Crippen LogP contribution < -0.4 is 20.9 Å². The number of carbonyl (C=O) groups excluding carboxylic acids is 1. The highest BCUT2D eigenvalue weighted by molar-refractivity contribution is 5.79. The smallest absolute Gasteiger partial charge is 0.225 e. The molecule has 0 aromatic carbocycles. The molecule has 3 fully saturated rings. The van der Waals surface area contributed by atoms with E-state index in [0.717, 1.165) is 37.5 Å². The highest BCUT2D eigenvalue weighted by Crippen LogP contribution is 2.31. The van der Waals surface area contributed by atoms with Crippen molar-refractivity contribution >= 4 is 5.91 Å². The molecule has 3 N–H and O–H groups in total. The highest BCUT2D eigenvalue weighted by atomic mass is 16.5. The maximum absolute atomic E-state index is 12.5. The Morgan fingerprint density at radius 3 is 3.00 bits per heavy atom. The molecule has 4 rings (SSSR count). The molecule has 1 aromatic heterocycles. The van der Waals surface area contributed by atoms with E-state index >= 15 is 0 Å². The second-order valence-electron chi connectivity index (χ2n) is 7.33. The molecule has 0 radical (unpaired) electrons. The molecule has 3 unspecified atom stereocenters. The van der Waals surface area contributed by atoms with Crippen molar-refractivity contribution in [2.45, 2.75) is 44.7 Å². The molecule has 24 heavy (non-hydrogen) atoms. The highest BCUT2D eigenvalue weighted by Gasteiger charge is 2.39. The van der Waals surface area contributed by atoms with E-state index in [2.05, 4.69) is 21.2 Å². The number of nitrogens with zero attached hydrogens (tertiary/aromatic N) is 1. The number of aromatic nitrogens is 1. The summed E-state index contributed by atoms with van der Waals surface area (Å²) in [5.41, 5.74) is 7.49. The lowest BCUT2D eigenvalue weighted by Gasteiger charge is -2.31. The van der Waals surface area contributed by atoms with Gasteiger partial charge in [0.15, 0.2) is 0 Å². The van der Waals surface area contributed by atoms with E-state index in [1.54, 1.807) is 6.20 Å². The number of ether oxygens (including phenoxy) is 1. The maximum Gasteiger partial charge on any atom is 0.225 e. The second kappa shape index (κ2) is 7.07. The van der Waals surface area contributed by atoms with Crippen molar-refractivity contribution < 1.29 is 9.53 Å². The second-order valence-corrected chi connectivity index (χ2v) is 7.33. The minimum atomic E-state index is 0.0628. The Kier molecular flexibility index (Phi) is 4.67. The van der Waals surface area contributed by atoms with Crippen molar-refractivity contribution in [2.24, 2.45) is 17.8 Å². The normalized spacial score (nSPS) is 29.1. The summed E-state index contributed by atoms with van der Waals surface area (Å²) in [6.45, 7) is 2.27. The van der Waals surface area contributed by atoms with E-state index in [-0.39, 0.29) is 17.9 Å². The third-order valence-corrected chi connectivity index (χ3v) is 5.43. The van der Waals surface area contributed by atoms with Crippen LogP contribution in [0.3, 0.4) is 0 Å². The molecule has 1 aliphatic heterocycles. The van der Waals surface area contributed by atoms with Gasteiger partial charge in [0.05, 0.1) is 12.5 Å². The molecule has 0 spiro atoms. The summed E-state index contributed by atoms with van der Waals surface area (Å²) >= 11 is 0. The van der Waals surface area contributed by atoms with Crippen LogP contribution in [0, 0.1) is 17.8 Å². The van der Waals surface area contributed by atoms with Gasteiger partial charge in [-0.05, 0) is 43.1 Å². The van der Waals surface area contributed by atoms with E-state index in [1.165, 1.54) is 19.3 Å². The average Bonchev–Trinajstić information content (AvgIpc) is 3.32. The molecule has 1 amide bonds.